The Morgan fingerprint density at radius 3 is 2.43 bits per heavy atom. The molecule has 1 N–H and O–H groups in total. The number of nitrogens with zero attached hydrogens (tertiary/aromatic N) is 2. The van der Waals surface area contributed by atoms with Gasteiger partial charge in [-0.1, -0.05) is 6.07 Å². The summed E-state index contributed by atoms with van der Waals surface area (Å²) in [4.78, 5) is 9.15. The molecule has 0 bridgehead atoms. The third-order valence-corrected chi connectivity index (χ3v) is 4.73. The van der Waals surface area contributed by atoms with E-state index in [1.54, 1.807) is 14.2 Å². The molecule has 0 aliphatic carbocycles. The Kier molecular flexibility index (Phi) is 4.81. The van der Waals surface area contributed by atoms with Crippen LogP contribution in [0.1, 0.15) is 24.4 Å². The van der Waals surface area contributed by atoms with Crippen molar-refractivity contribution in [3.63, 3.8) is 0 Å². The summed E-state index contributed by atoms with van der Waals surface area (Å²) in [6.45, 7) is 5.10. The van der Waals surface area contributed by atoms with Crippen molar-refractivity contribution in [3.05, 3.63) is 41.7 Å². The topological polar surface area (TPSA) is 74.7 Å². The lowest BCUT2D eigenvalue weighted by Gasteiger charge is -2.22. The highest BCUT2D eigenvalue weighted by Gasteiger charge is 2.17. The molecule has 1 atom stereocenters. The smallest absolute Gasteiger partial charge is 0.162 e. The lowest BCUT2D eigenvalue weighted by Crippen LogP contribution is -2.16. The standard InChI is InChI=1S/C21H23N3O4/c1-12(14-5-6-17-20(9-14)28-8-7-27-17)22-21-15-10-18(25-3)19(26-4)11-16(15)23-13(2)24-21/h5-6,9-12H,7-8H2,1-4H3,(H,22,23,24). The SMILES string of the molecule is COc1cc2nc(C)nc(NC(C)c3ccc4c(c3)OCCO4)c2cc1OC. The molecule has 4 rings (SSSR count). The van der Waals surface area contributed by atoms with Gasteiger partial charge in [0.25, 0.3) is 0 Å². The molecule has 1 unspecified atom stereocenters. The van der Waals surface area contributed by atoms with Crippen LogP contribution in [-0.2, 0) is 0 Å². The Bertz CT molecular complexity index is 1020. The van der Waals surface area contributed by atoms with E-state index in [1.807, 2.05) is 37.3 Å². The number of benzene rings is 2. The average Bonchev–Trinajstić information content (AvgIpc) is 2.72. The van der Waals surface area contributed by atoms with Crippen molar-refractivity contribution in [2.24, 2.45) is 0 Å². The van der Waals surface area contributed by atoms with E-state index in [-0.39, 0.29) is 6.04 Å². The molecule has 3 aromatic rings. The summed E-state index contributed by atoms with van der Waals surface area (Å²) in [6.07, 6.45) is 0. The molecule has 0 fully saturated rings. The van der Waals surface area contributed by atoms with Gasteiger partial charge in [-0.25, -0.2) is 9.97 Å². The number of methoxy groups -OCH3 is 2. The molecule has 1 aliphatic rings. The van der Waals surface area contributed by atoms with Crippen LogP contribution in [-0.4, -0.2) is 37.4 Å². The largest absolute Gasteiger partial charge is 0.493 e. The number of hydrogen-bond acceptors (Lipinski definition) is 7. The maximum atomic E-state index is 5.70. The minimum Gasteiger partial charge on any atom is -0.493 e. The summed E-state index contributed by atoms with van der Waals surface area (Å²) in [5.41, 5.74) is 1.87. The minimum atomic E-state index is 0.00132. The van der Waals surface area contributed by atoms with Gasteiger partial charge < -0.3 is 24.3 Å². The average molecular weight is 381 g/mol. The van der Waals surface area contributed by atoms with Gasteiger partial charge in [0.2, 0.25) is 0 Å². The van der Waals surface area contributed by atoms with Crippen molar-refractivity contribution >= 4 is 16.7 Å². The third-order valence-electron chi connectivity index (χ3n) is 4.73. The highest BCUT2D eigenvalue weighted by atomic mass is 16.6. The Morgan fingerprint density at radius 2 is 1.68 bits per heavy atom. The first-order valence-corrected chi connectivity index (χ1v) is 9.15. The Morgan fingerprint density at radius 1 is 0.964 bits per heavy atom. The molecule has 0 radical (unpaired) electrons. The van der Waals surface area contributed by atoms with Gasteiger partial charge in [0.15, 0.2) is 23.0 Å². The van der Waals surface area contributed by atoms with Gasteiger partial charge in [0, 0.05) is 11.5 Å². The van der Waals surface area contributed by atoms with Crippen LogP contribution in [0.2, 0.25) is 0 Å². The maximum absolute atomic E-state index is 5.70. The van der Waals surface area contributed by atoms with E-state index < -0.39 is 0 Å². The molecule has 2 aromatic carbocycles. The van der Waals surface area contributed by atoms with Crippen molar-refractivity contribution < 1.29 is 18.9 Å². The second-order valence-electron chi connectivity index (χ2n) is 6.61. The minimum absolute atomic E-state index is 0.00132. The van der Waals surface area contributed by atoms with E-state index in [0.29, 0.717) is 30.5 Å². The first-order valence-electron chi connectivity index (χ1n) is 9.15. The van der Waals surface area contributed by atoms with Crippen LogP contribution in [0, 0.1) is 6.92 Å². The Hall–Kier alpha value is -3.22. The number of ether oxygens (including phenoxy) is 4. The number of anilines is 1. The van der Waals surface area contributed by atoms with Gasteiger partial charge in [0.05, 0.1) is 25.8 Å². The van der Waals surface area contributed by atoms with Crippen LogP contribution < -0.4 is 24.3 Å². The Balaban J connectivity index is 1.70. The fourth-order valence-electron chi connectivity index (χ4n) is 3.30. The number of rotatable bonds is 5. The van der Waals surface area contributed by atoms with Crippen molar-refractivity contribution in [2.75, 3.05) is 32.8 Å². The quantitative estimate of drug-likeness (QED) is 0.718. The molecule has 0 amide bonds. The predicted molar refractivity (Wildman–Crippen MR) is 107 cm³/mol. The molecule has 1 aliphatic heterocycles. The van der Waals surface area contributed by atoms with Gasteiger partial charge in [-0.05, 0) is 37.6 Å². The van der Waals surface area contributed by atoms with E-state index in [1.165, 1.54) is 0 Å². The molecular weight excluding hydrogens is 358 g/mol. The van der Waals surface area contributed by atoms with Crippen LogP contribution in [0.4, 0.5) is 5.82 Å². The van der Waals surface area contributed by atoms with Crippen LogP contribution in [0.25, 0.3) is 10.9 Å². The summed E-state index contributed by atoms with van der Waals surface area (Å²) in [5.74, 6) is 4.24. The monoisotopic (exact) mass is 381 g/mol. The zero-order valence-electron chi connectivity index (χ0n) is 16.4. The predicted octanol–water partition coefficient (Wildman–Crippen LogP) is 3.90. The van der Waals surface area contributed by atoms with Crippen LogP contribution in [0.15, 0.2) is 30.3 Å². The first-order chi connectivity index (χ1) is 13.6. The van der Waals surface area contributed by atoms with E-state index in [9.17, 15) is 0 Å². The highest BCUT2D eigenvalue weighted by Crippen LogP contribution is 2.36. The molecule has 28 heavy (non-hydrogen) atoms. The molecule has 146 valence electrons. The fourth-order valence-corrected chi connectivity index (χ4v) is 3.30. The molecule has 0 spiro atoms. The van der Waals surface area contributed by atoms with Gasteiger partial charge in [-0.15, -0.1) is 0 Å². The summed E-state index contributed by atoms with van der Waals surface area (Å²) in [5, 5.41) is 4.36. The van der Waals surface area contributed by atoms with E-state index >= 15 is 0 Å². The summed E-state index contributed by atoms with van der Waals surface area (Å²) < 4.78 is 22.1. The molecular formula is C21H23N3O4. The first kappa shape index (κ1) is 18.2. The van der Waals surface area contributed by atoms with Gasteiger partial charge in [-0.2, -0.15) is 0 Å². The lowest BCUT2D eigenvalue weighted by molar-refractivity contribution is 0.171. The molecule has 0 saturated heterocycles. The highest BCUT2D eigenvalue weighted by molar-refractivity contribution is 5.92. The molecule has 1 aromatic heterocycles. The van der Waals surface area contributed by atoms with E-state index in [4.69, 9.17) is 18.9 Å². The van der Waals surface area contributed by atoms with Gasteiger partial charge in [0.1, 0.15) is 24.9 Å². The van der Waals surface area contributed by atoms with Crippen molar-refractivity contribution in [1.82, 2.24) is 9.97 Å². The van der Waals surface area contributed by atoms with Gasteiger partial charge >= 0.3 is 0 Å². The van der Waals surface area contributed by atoms with Gasteiger partial charge in [-0.3, -0.25) is 0 Å². The molecule has 2 heterocycles. The second kappa shape index (κ2) is 7.42. The number of aromatic nitrogens is 2. The van der Waals surface area contributed by atoms with Crippen molar-refractivity contribution in [3.8, 4) is 23.0 Å². The maximum Gasteiger partial charge on any atom is 0.162 e. The molecule has 7 nitrogen and oxygen atoms in total. The number of aryl methyl sites for hydroxylation is 1. The van der Waals surface area contributed by atoms with Crippen LogP contribution in [0.5, 0.6) is 23.0 Å². The number of fused-ring (bicyclic) bond motifs is 2. The van der Waals surface area contributed by atoms with E-state index in [2.05, 4.69) is 22.2 Å². The number of hydrogen-bond donors (Lipinski definition) is 1. The summed E-state index contributed by atoms with van der Waals surface area (Å²) in [7, 11) is 3.23. The van der Waals surface area contributed by atoms with E-state index in [0.717, 1.165) is 33.8 Å². The number of nitrogens with one attached hydrogen (secondary N) is 1. The van der Waals surface area contributed by atoms with Crippen LogP contribution in [0.3, 0.4) is 0 Å². The fraction of sp³-hybridized carbons (Fsp3) is 0.333. The van der Waals surface area contributed by atoms with Crippen molar-refractivity contribution in [2.45, 2.75) is 19.9 Å². The zero-order valence-corrected chi connectivity index (χ0v) is 16.4. The second-order valence-corrected chi connectivity index (χ2v) is 6.61. The lowest BCUT2D eigenvalue weighted by atomic mass is 10.1. The normalized spacial score (nSPS) is 13.9. The van der Waals surface area contributed by atoms with Crippen molar-refractivity contribution in [1.29, 1.82) is 0 Å². The molecule has 7 heteroatoms. The van der Waals surface area contributed by atoms with Crippen LogP contribution >= 0.6 is 0 Å². The zero-order chi connectivity index (χ0) is 19.7. The third kappa shape index (κ3) is 3.35. The summed E-state index contributed by atoms with van der Waals surface area (Å²) in [6, 6.07) is 9.74. The Labute approximate surface area is 163 Å². The summed E-state index contributed by atoms with van der Waals surface area (Å²) >= 11 is 0. The molecule has 0 saturated carbocycles.